The smallest absolute Gasteiger partial charge is 0.281 e. The van der Waals surface area contributed by atoms with Crippen molar-refractivity contribution < 1.29 is 9.53 Å². The minimum Gasteiger partial charge on any atom is -0.493 e. The summed E-state index contributed by atoms with van der Waals surface area (Å²) in [4.78, 5) is 18.2. The average molecular weight is 396 g/mol. The molecule has 0 spiro atoms. The molecule has 0 bridgehead atoms. The number of carbonyl (C=O) groups is 1. The number of amidine groups is 1. The monoisotopic (exact) mass is 395 g/mol. The van der Waals surface area contributed by atoms with Crippen LogP contribution >= 0.6 is 11.8 Å². The lowest BCUT2D eigenvalue weighted by molar-refractivity contribution is -0.130. The Labute approximate surface area is 170 Å². The van der Waals surface area contributed by atoms with Crippen LogP contribution in [0.3, 0.4) is 0 Å². The Kier molecular flexibility index (Phi) is 6.54. The van der Waals surface area contributed by atoms with Crippen molar-refractivity contribution in [3.8, 4) is 5.75 Å². The molecule has 1 aliphatic heterocycles. The quantitative estimate of drug-likeness (QED) is 0.659. The molecule has 1 saturated heterocycles. The number of nitrogens with zero attached hydrogens (tertiary/aromatic N) is 3. The number of hydrazine groups is 1. The topological polar surface area (TPSA) is 45.1 Å². The van der Waals surface area contributed by atoms with Crippen LogP contribution in [0.4, 0.5) is 5.69 Å². The molecule has 0 unspecified atom stereocenters. The van der Waals surface area contributed by atoms with Crippen LogP contribution in [0, 0.1) is 5.92 Å². The normalized spacial score (nSPS) is 17.4. The third-order valence-corrected chi connectivity index (χ3v) is 4.89. The fourth-order valence-electron chi connectivity index (χ4n) is 2.58. The number of ether oxygens (including phenoxy) is 1. The number of benzene rings is 2. The van der Waals surface area contributed by atoms with Crippen LogP contribution in [-0.4, -0.2) is 41.8 Å². The van der Waals surface area contributed by atoms with Crippen LogP contribution in [0.1, 0.15) is 19.4 Å². The van der Waals surface area contributed by atoms with Crippen LogP contribution in [-0.2, 0) is 4.79 Å². The van der Waals surface area contributed by atoms with E-state index in [1.807, 2.05) is 74.8 Å². The second kappa shape index (κ2) is 9.08. The van der Waals surface area contributed by atoms with Gasteiger partial charge in [-0.25, -0.2) is 15.0 Å². The van der Waals surface area contributed by atoms with Gasteiger partial charge in [-0.15, -0.1) is 0 Å². The second-order valence-electron chi connectivity index (χ2n) is 7.08. The first-order valence-electron chi connectivity index (χ1n) is 9.22. The van der Waals surface area contributed by atoms with Gasteiger partial charge in [-0.3, -0.25) is 4.79 Å². The molecule has 0 aliphatic carbocycles. The van der Waals surface area contributed by atoms with Crippen LogP contribution in [0.5, 0.6) is 5.75 Å². The van der Waals surface area contributed by atoms with E-state index in [1.165, 1.54) is 11.8 Å². The molecule has 0 N–H and O–H groups in total. The highest BCUT2D eigenvalue weighted by Crippen LogP contribution is 2.34. The molecule has 6 heteroatoms. The Bertz CT molecular complexity index is 874. The number of aliphatic imine (C=N–C) groups is 1. The Morgan fingerprint density at radius 3 is 2.39 bits per heavy atom. The van der Waals surface area contributed by atoms with Crippen LogP contribution in [0.2, 0.25) is 0 Å². The molecular weight excluding hydrogens is 370 g/mol. The van der Waals surface area contributed by atoms with Crippen molar-refractivity contribution in [2.45, 2.75) is 13.8 Å². The Hall–Kier alpha value is -2.57. The number of hydrogen-bond donors (Lipinski definition) is 0. The number of carbonyl (C=O) groups excluding carboxylic acids is 1. The fourth-order valence-corrected chi connectivity index (χ4v) is 3.63. The molecule has 3 rings (SSSR count). The van der Waals surface area contributed by atoms with Crippen LogP contribution < -0.4 is 4.74 Å². The van der Waals surface area contributed by atoms with Gasteiger partial charge in [0.2, 0.25) is 0 Å². The van der Waals surface area contributed by atoms with Gasteiger partial charge in [0.1, 0.15) is 5.75 Å². The predicted octanol–water partition coefficient (Wildman–Crippen LogP) is 4.80. The molecule has 1 heterocycles. The van der Waals surface area contributed by atoms with Crippen molar-refractivity contribution in [3.05, 3.63) is 65.1 Å². The van der Waals surface area contributed by atoms with E-state index in [0.717, 1.165) is 17.0 Å². The largest absolute Gasteiger partial charge is 0.493 e. The molecule has 1 amide bonds. The van der Waals surface area contributed by atoms with E-state index in [0.29, 0.717) is 22.6 Å². The zero-order chi connectivity index (χ0) is 20.1. The molecule has 1 aliphatic rings. The predicted molar refractivity (Wildman–Crippen MR) is 116 cm³/mol. The maximum atomic E-state index is 12.9. The summed E-state index contributed by atoms with van der Waals surface area (Å²) < 4.78 is 5.72. The summed E-state index contributed by atoms with van der Waals surface area (Å²) >= 11 is 1.38. The number of para-hydroxylation sites is 1. The van der Waals surface area contributed by atoms with E-state index in [9.17, 15) is 4.79 Å². The molecule has 2 aromatic carbocycles. The van der Waals surface area contributed by atoms with E-state index < -0.39 is 0 Å². The summed E-state index contributed by atoms with van der Waals surface area (Å²) in [5.74, 6) is 1.24. The van der Waals surface area contributed by atoms with Gasteiger partial charge in [-0.2, -0.15) is 0 Å². The molecule has 146 valence electrons. The number of thioether (sulfide) groups is 1. The highest BCUT2D eigenvalue weighted by Gasteiger charge is 2.35. The Balaban J connectivity index is 1.82. The van der Waals surface area contributed by atoms with Gasteiger partial charge in [0.25, 0.3) is 5.91 Å². The van der Waals surface area contributed by atoms with Crippen molar-refractivity contribution in [2.24, 2.45) is 10.9 Å². The van der Waals surface area contributed by atoms with Gasteiger partial charge in [-0.1, -0.05) is 44.2 Å². The van der Waals surface area contributed by atoms with Gasteiger partial charge >= 0.3 is 0 Å². The van der Waals surface area contributed by atoms with Gasteiger partial charge in [0.15, 0.2) is 5.17 Å². The molecule has 1 fully saturated rings. The average Bonchev–Trinajstić information content (AvgIpc) is 2.97. The van der Waals surface area contributed by atoms with E-state index >= 15 is 0 Å². The molecular formula is C22H25N3O2S. The van der Waals surface area contributed by atoms with Crippen molar-refractivity contribution in [1.29, 1.82) is 0 Å². The zero-order valence-electron chi connectivity index (χ0n) is 16.6. The van der Waals surface area contributed by atoms with Crippen molar-refractivity contribution >= 4 is 34.6 Å². The first kappa shape index (κ1) is 20.2. The lowest BCUT2D eigenvalue weighted by Gasteiger charge is -2.22. The number of rotatable bonds is 6. The summed E-state index contributed by atoms with van der Waals surface area (Å²) in [6.45, 7) is 4.92. The summed E-state index contributed by atoms with van der Waals surface area (Å²) in [7, 11) is 3.67. The first-order valence-corrected chi connectivity index (χ1v) is 10.0. The molecule has 0 aromatic heterocycles. The van der Waals surface area contributed by atoms with Gasteiger partial charge in [0.05, 0.1) is 17.2 Å². The Morgan fingerprint density at radius 2 is 1.79 bits per heavy atom. The van der Waals surface area contributed by atoms with E-state index in [1.54, 1.807) is 10.0 Å². The summed E-state index contributed by atoms with van der Waals surface area (Å²) in [6, 6.07) is 17.4. The lowest BCUT2D eigenvalue weighted by Crippen LogP contribution is -2.40. The molecule has 5 nitrogen and oxygen atoms in total. The number of hydrogen-bond acceptors (Lipinski definition) is 5. The summed E-state index contributed by atoms with van der Waals surface area (Å²) in [5.41, 5.74) is 1.77. The zero-order valence-corrected chi connectivity index (χ0v) is 17.4. The molecule has 0 atom stereocenters. The molecule has 0 radical (unpaired) electrons. The summed E-state index contributed by atoms with van der Waals surface area (Å²) in [6.07, 6.45) is 1.89. The molecule has 2 aromatic rings. The Morgan fingerprint density at radius 1 is 1.11 bits per heavy atom. The van der Waals surface area contributed by atoms with Crippen LogP contribution in [0.15, 0.2) is 64.5 Å². The van der Waals surface area contributed by atoms with Gasteiger partial charge < -0.3 is 4.74 Å². The van der Waals surface area contributed by atoms with Crippen molar-refractivity contribution in [1.82, 2.24) is 10.0 Å². The standard InChI is InChI=1S/C22H25N3O2S/c1-16(2)15-27-19-12-10-17(11-13-19)14-20-21(26)25(24(3)4)22(28-20)23-18-8-6-5-7-9-18/h5-14,16H,15H2,1-4H3. The van der Waals surface area contributed by atoms with Crippen LogP contribution in [0.25, 0.3) is 6.08 Å². The fraction of sp³-hybridized carbons (Fsp3) is 0.273. The van der Waals surface area contributed by atoms with Crippen molar-refractivity contribution in [3.63, 3.8) is 0 Å². The minimum absolute atomic E-state index is 0.0789. The third-order valence-electron chi connectivity index (χ3n) is 3.93. The SMILES string of the molecule is CC(C)COc1ccc(C=C2SC(=Nc3ccccc3)N(N(C)C)C2=O)cc1. The highest BCUT2D eigenvalue weighted by molar-refractivity contribution is 8.18. The van der Waals surface area contributed by atoms with E-state index in [4.69, 9.17) is 4.74 Å². The first-order chi connectivity index (χ1) is 13.4. The van der Waals surface area contributed by atoms with Gasteiger partial charge in [0, 0.05) is 14.1 Å². The van der Waals surface area contributed by atoms with Gasteiger partial charge in [-0.05, 0) is 53.6 Å². The minimum atomic E-state index is -0.0789. The maximum Gasteiger partial charge on any atom is 0.281 e. The highest BCUT2D eigenvalue weighted by atomic mass is 32.2. The molecule has 0 saturated carbocycles. The third kappa shape index (κ3) is 5.03. The van der Waals surface area contributed by atoms with Crippen molar-refractivity contribution in [2.75, 3.05) is 20.7 Å². The van der Waals surface area contributed by atoms with E-state index in [2.05, 4.69) is 18.8 Å². The molecule has 28 heavy (non-hydrogen) atoms. The lowest BCUT2D eigenvalue weighted by atomic mass is 10.2. The maximum absolute atomic E-state index is 12.9. The van der Waals surface area contributed by atoms with E-state index in [-0.39, 0.29) is 5.91 Å². The number of amides is 1. The second-order valence-corrected chi connectivity index (χ2v) is 8.09. The summed E-state index contributed by atoms with van der Waals surface area (Å²) in [5, 5.41) is 3.98.